The molecule has 1 aromatic carbocycles. The molecule has 4 fully saturated rings. The van der Waals surface area contributed by atoms with E-state index in [1.165, 1.54) is 0 Å². The SMILES string of the molecule is O=S(=O)(c1ccccc1)N1C2CC3OC(CC1C3I)C2I. The monoisotopic (exact) mass is 531 g/mol. The number of benzene rings is 1. The second kappa shape index (κ2) is 5.29. The van der Waals surface area contributed by atoms with Crippen molar-refractivity contribution in [1.82, 2.24) is 4.31 Å². The molecule has 4 heterocycles. The van der Waals surface area contributed by atoms with Crippen LogP contribution < -0.4 is 0 Å². The Morgan fingerprint density at radius 1 is 1.00 bits per heavy atom. The third kappa shape index (κ3) is 2.21. The largest absolute Gasteiger partial charge is 0.373 e. The molecule has 1 aromatic rings. The molecule has 4 nitrogen and oxygen atoms in total. The second-order valence-electron chi connectivity index (χ2n) is 5.86. The number of nitrogens with zero attached hydrogens (tertiary/aromatic N) is 1. The summed E-state index contributed by atoms with van der Waals surface area (Å²) in [5.74, 6) is 0. The van der Waals surface area contributed by atoms with Gasteiger partial charge in [0, 0.05) is 12.1 Å². The number of sulfonamides is 1. The van der Waals surface area contributed by atoms with Crippen LogP contribution in [0.2, 0.25) is 0 Å². The first-order valence-electron chi connectivity index (χ1n) is 7.02. The van der Waals surface area contributed by atoms with Crippen molar-refractivity contribution in [2.24, 2.45) is 0 Å². The summed E-state index contributed by atoms with van der Waals surface area (Å²) in [5, 5.41) is 0. The molecule has 4 aliphatic heterocycles. The highest BCUT2D eigenvalue weighted by molar-refractivity contribution is 14.1. The van der Waals surface area contributed by atoms with Crippen molar-refractivity contribution in [3.63, 3.8) is 0 Å². The van der Waals surface area contributed by atoms with E-state index in [0.717, 1.165) is 12.8 Å². The van der Waals surface area contributed by atoms with Gasteiger partial charge in [0.25, 0.3) is 0 Å². The molecule has 4 bridgehead atoms. The number of halogens is 2. The van der Waals surface area contributed by atoms with E-state index in [0.29, 0.717) is 4.90 Å². The first-order chi connectivity index (χ1) is 10.00. The van der Waals surface area contributed by atoms with E-state index < -0.39 is 10.0 Å². The number of hydrogen-bond donors (Lipinski definition) is 0. The molecular weight excluding hydrogens is 516 g/mol. The Morgan fingerprint density at radius 2 is 1.52 bits per heavy atom. The van der Waals surface area contributed by atoms with Gasteiger partial charge in [0.1, 0.15) is 0 Å². The summed E-state index contributed by atoms with van der Waals surface area (Å²) in [4.78, 5) is 0.408. The standard InChI is InChI=1S/C14H15I2NO3S/c15-13-9-6-11-14(16)10(7-12(13)20-11)17(9)21(18,19)8-4-2-1-3-5-8/h1-5,9-14H,6-7H2. The molecule has 114 valence electrons. The molecule has 0 radical (unpaired) electrons. The van der Waals surface area contributed by atoms with Gasteiger partial charge >= 0.3 is 0 Å². The summed E-state index contributed by atoms with van der Waals surface area (Å²) in [6.07, 6.45) is 2.07. The summed E-state index contributed by atoms with van der Waals surface area (Å²) in [6.45, 7) is 0. The second-order valence-corrected chi connectivity index (χ2v) is 10.6. The third-order valence-electron chi connectivity index (χ3n) is 4.72. The first-order valence-corrected chi connectivity index (χ1v) is 11.0. The van der Waals surface area contributed by atoms with Crippen LogP contribution in [0.15, 0.2) is 35.2 Å². The fraction of sp³-hybridized carbons (Fsp3) is 0.571. The van der Waals surface area contributed by atoms with Crippen molar-refractivity contribution in [2.75, 3.05) is 0 Å². The van der Waals surface area contributed by atoms with Crippen LogP contribution >= 0.6 is 45.2 Å². The van der Waals surface area contributed by atoms with E-state index in [1.807, 2.05) is 6.07 Å². The van der Waals surface area contributed by atoms with Crippen molar-refractivity contribution in [3.8, 4) is 0 Å². The van der Waals surface area contributed by atoms with Crippen LogP contribution in [-0.2, 0) is 14.8 Å². The van der Waals surface area contributed by atoms with Crippen LogP contribution in [0.3, 0.4) is 0 Å². The molecule has 4 saturated heterocycles. The minimum Gasteiger partial charge on any atom is -0.373 e. The van der Waals surface area contributed by atoms with E-state index in [9.17, 15) is 8.42 Å². The predicted octanol–water partition coefficient (Wildman–Crippen LogP) is 2.60. The van der Waals surface area contributed by atoms with Crippen LogP contribution in [0.25, 0.3) is 0 Å². The maximum Gasteiger partial charge on any atom is 0.243 e. The Labute approximate surface area is 151 Å². The smallest absolute Gasteiger partial charge is 0.243 e. The molecule has 0 N–H and O–H groups in total. The molecule has 0 saturated carbocycles. The van der Waals surface area contributed by atoms with Gasteiger partial charge in [0.2, 0.25) is 10.0 Å². The highest BCUT2D eigenvalue weighted by Crippen LogP contribution is 2.49. The molecule has 21 heavy (non-hydrogen) atoms. The van der Waals surface area contributed by atoms with Gasteiger partial charge in [-0.1, -0.05) is 63.4 Å². The molecule has 4 aliphatic rings. The van der Waals surface area contributed by atoms with E-state index in [-0.39, 0.29) is 32.1 Å². The molecular formula is C14H15I2NO3S. The lowest BCUT2D eigenvalue weighted by Gasteiger charge is -2.59. The van der Waals surface area contributed by atoms with Crippen molar-refractivity contribution in [1.29, 1.82) is 0 Å². The number of alkyl halides is 2. The zero-order valence-electron chi connectivity index (χ0n) is 11.1. The van der Waals surface area contributed by atoms with Gasteiger partial charge in [0.05, 0.1) is 25.0 Å². The van der Waals surface area contributed by atoms with Crippen molar-refractivity contribution < 1.29 is 13.2 Å². The minimum absolute atomic E-state index is 0.0734. The summed E-state index contributed by atoms with van der Waals surface area (Å²) in [7, 11) is -3.42. The van der Waals surface area contributed by atoms with Gasteiger partial charge in [0.15, 0.2) is 0 Å². The van der Waals surface area contributed by atoms with E-state index >= 15 is 0 Å². The average molecular weight is 531 g/mol. The van der Waals surface area contributed by atoms with Gasteiger partial charge in [-0.15, -0.1) is 0 Å². The fourth-order valence-corrected chi connectivity index (χ4v) is 8.32. The van der Waals surface area contributed by atoms with Gasteiger partial charge in [-0.05, 0) is 25.0 Å². The molecule has 0 aliphatic carbocycles. The topological polar surface area (TPSA) is 46.6 Å². The van der Waals surface area contributed by atoms with Gasteiger partial charge in [-0.25, -0.2) is 8.42 Å². The Balaban J connectivity index is 1.78. The maximum atomic E-state index is 13.1. The van der Waals surface area contributed by atoms with Gasteiger partial charge in [-0.2, -0.15) is 4.31 Å². The zero-order chi connectivity index (χ0) is 14.8. The number of hydrogen-bond acceptors (Lipinski definition) is 3. The lowest BCUT2D eigenvalue weighted by Crippen LogP contribution is -2.72. The minimum atomic E-state index is -3.42. The van der Waals surface area contributed by atoms with E-state index in [2.05, 4.69) is 45.2 Å². The normalized spacial score (nSPS) is 42.4. The Morgan fingerprint density at radius 3 is 2.05 bits per heavy atom. The summed E-state index contributed by atoms with van der Waals surface area (Å²) < 4.78 is 34.6. The fourth-order valence-electron chi connectivity index (χ4n) is 3.78. The molecule has 0 spiro atoms. The molecule has 7 heteroatoms. The molecule has 0 aromatic heterocycles. The van der Waals surface area contributed by atoms with Crippen molar-refractivity contribution in [3.05, 3.63) is 30.3 Å². The van der Waals surface area contributed by atoms with Crippen molar-refractivity contribution in [2.45, 2.75) is 49.9 Å². The van der Waals surface area contributed by atoms with Crippen LogP contribution in [0.4, 0.5) is 0 Å². The van der Waals surface area contributed by atoms with Crippen LogP contribution in [0.1, 0.15) is 12.8 Å². The highest BCUT2D eigenvalue weighted by atomic mass is 127. The van der Waals surface area contributed by atoms with Crippen LogP contribution in [0, 0.1) is 0 Å². The zero-order valence-corrected chi connectivity index (χ0v) is 16.2. The number of piperidine rings is 2. The summed E-state index contributed by atoms with van der Waals surface area (Å²) in [5.41, 5.74) is 0. The summed E-state index contributed by atoms with van der Waals surface area (Å²) in [6, 6.07) is 8.96. The van der Waals surface area contributed by atoms with Gasteiger partial charge < -0.3 is 4.74 Å². The lowest BCUT2D eigenvalue weighted by atomic mass is 9.80. The van der Waals surface area contributed by atoms with E-state index in [4.69, 9.17) is 4.74 Å². The lowest BCUT2D eigenvalue weighted by molar-refractivity contribution is -0.144. The average Bonchev–Trinajstić information content (AvgIpc) is 2.46. The third-order valence-corrected chi connectivity index (χ3v) is 9.94. The number of rotatable bonds is 2. The van der Waals surface area contributed by atoms with Gasteiger partial charge in [-0.3, -0.25) is 0 Å². The maximum absolute atomic E-state index is 13.1. The van der Waals surface area contributed by atoms with Crippen molar-refractivity contribution >= 4 is 55.2 Å². The van der Waals surface area contributed by atoms with Crippen LogP contribution in [-0.4, -0.2) is 44.9 Å². The quantitative estimate of drug-likeness (QED) is 0.436. The highest BCUT2D eigenvalue weighted by Gasteiger charge is 2.59. The molecule has 6 unspecified atom stereocenters. The Bertz CT molecular complexity index is 631. The molecule has 0 amide bonds. The van der Waals surface area contributed by atoms with Crippen LogP contribution in [0.5, 0.6) is 0 Å². The number of ether oxygens (including phenoxy) is 1. The van der Waals surface area contributed by atoms with E-state index in [1.54, 1.807) is 28.6 Å². The summed E-state index contributed by atoms with van der Waals surface area (Å²) >= 11 is 4.75. The molecule has 6 atom stereocenters. The Hall–Kier alpha value is 0.550. The predicted molar refractivity (Wildman–Crippen MR) is 96.6 cm³/mol. The first kappa shape index (κ1) is 15.1. The molecule has 5 rings (SSSR count). The Kier molecular flexibility index (Phi) is 3.80.